The molecule has 0 saturated carbocycles. The molecule has 0 rings (SSSR count). The van der Waals surface area contributed by atoms with Crippen LogP contribution in [0.3, 0.4) is 0 Å². The zero-order valence-electron chi connectivity index (χ0n) is 6.88. The predicted octanol–water partition coefficient (Wildman–Crippen LogP) is 1.02. The van der Waals surface area contributed by atoms with Crippen molar-refractivity contribution >= 4 is 0 Å². The number of hydrogen-bond acceptors (Lipinski definition) is 2. The minimum Gasteiger partial charge on any atom is -0.328 e. The van der Waals surface area contributed by atoms with Crippen LogP contribution in [0, 0.1) is 0 Å². The smallest absolute Gasteiger partial charge is 0.00449 e. The average Bonchev–Trinajstić information content (AvgIpc) is 1.79. The van der Waals surface area contributed by atoms with Gasteiger partial charge in [0.1, 0.15) is 0 Å². The van der Waals surface area contributed by atoms with E-state index in [4.69, 9.17) is 11.5 Å². The maximum absolute atomic E-state index is 5.53. The van der Waals surface area contributed by atoms with Gasteiger partial charge in [0, 0.05) is 12.1 Å². The van der Waals surface area contributed by atoms with Crippen molar-refractivity contribution in [1.29, 1.82) is 0 Å². The summed E-state index contributed by atoms with van der Waals surface area (Å²) in [7, 11) is 0. The van der Waals surface area contributed by atoms with Crippen molar-refractivity contribution in [2.45, 2.75) is 38.8 Å². The highest BCUT2D eigenvalue weighted by atomic mass is 14.6. The summed E-state index contributed by atoms with van der Waals surface area (Å²) in [4.78, 5) is 0. The molecule has 2 nitrogen and oxygen atoms in total. The Morgan fingerprint density at radius 3 is 1.50 bits per heavy atom. The summed E-state index contributed by atoms with van der Waals surface area (Å²) in [6.45, 7) is 3.99. The van der Waals surface area contributed by atoms with Gasteiger partial charge in [-0.3, -0.25) is 0 Å². The third-order valence-corrected chi connectivity index (χ3v) is 1.18. The summed E-state index contributed by atoms with van der Waals surface area (Å²) in [5.41, 5.74) is 11.1. The lowest BCUT2D eigenvalue weighted by atomic mass is 10.2. The van der Waals surface area contributed by atoms with Crippen LogP contribution in [0.2, 0.25) is 0 Å². The van der Waals surface area contributed by atoms with Gasteiger partial charge in [0.05, 0.1) is 0 Å². The lowest BCUT2D eigenvalue weighted by Gasteiger charge is -1.99. The zero-order valence-corrected chi connectivity index (χ0v) is 6.88. The fourth-order valence-electron chi connectivity index (χ4n) is 0.622. The van der Waals surface area contributed by atoms with Crippen LogP contribution in [0.1, 0.15) is 26.7 Å². The van der Waals surface area contributed by atoms with Crippen molar-refractivity contribution in [3.05, 3.63) is 12.2 Å². The van der Waals surface area contributed by atoms with Gasteiger partial charge in [0.25, 0.3) is 0 Å². The van der Waals surface area contributed by atoms with E-state index in [1.807, 2.05) is 13.8 Å². The second-order valence-electron chi connectivity index (χ2n) is 2.90. The minimum atomic E-state index is 0.268. The fraction of sp³-hybridized carbons (Fsp3) is 0.750. The van der Waals surface area contributed by atoms with Crippen molar-refractivity contribution in [2.75, 3.05) is 0 Å². The first-order chi connectivity index (χ1) is 4.63. The van der Waals surface area contributed by atoms with Crippen molar-refractivity contribution in [2.24, 2.45) is 11.5 Å². The van der Waals surface area contributed by atoms with Gasteiger partial charge >= 0.3 is 0 Å². The summed E-state index contributed by atoms with van der Waals surface area (Å²) in [6.07, 6.45) is 6.08. The van der Waals surface area contributed by atoms with E-state index in [9.17, 15) is 0 Å². The molecule has 2 heteroatoms. The number of nitrogens with two attached hydrogens (primary N) is 2. The van der Waals surface area contributed by atoms with E-state index < -0.39 is 0 Å². The molecule has 0 radical (unpaired) electrons. The average molecular weight is 142 g/mol. The van der Waals surface area contributed by atoms with Crippen LogP contribution in [0.5, 0.6) is 0 Å². The molecule has 0 heterocycles. The van der Waals surface area contributed by atoms with E-state index >= 15 is 0 Å². The molecule has 60 valence electrons. The molecule has 0 aliphatic rings. The lowest BCUT2D eigenvalue weighted by molar-refractivity contribution is 0.735. The molecule has 0 fully saturated rings. The first kappa shape index (κ1) is 9.66. The Morgan fingerprint density at radius 2 is 1.30 bits per heavy atom. The highest BCUT2D eigenvalue weighted by Gasteiger charge is 1.89. The van der Waals surface area contributed by atoms with Crippen LogP contribution in [0.4, 0.5) is 0 Å². The van der Waals surface area contributed by atoms with Crippen molar-refractivity contribution < 1.29 is 0 Å². The third-order valence-electron chi connectivity index (χ3n) is 1.18. The summed E-state index contributed by atoms with van der Waals surface area (Å²) < 4.78 is 0. The summed E-state index contributed by atoms with van der Waals surface area (Å²) in [5.74, 6) is 0. The highest BCUT2D eigenvalue weighted by molar-refractivity contribution is 4.86. The predicted molar refractivity (Wildman–Crippen MR) is 45.7 cm³/mol. The molecule has 0 amide bonds. The largest absolute Gasteiger partial charge is 0.328 e. The lowest BCUT2D eigenvalue weighted by Crippen LogP contribution is -2.14. The molecular weight excluding hydrogens is 124 g/mol. The van der Waals surface area contributed by atoms with Gasteiger partial charge in [-0.05, 0) is 26.7 Å². The third kappa shape index (κ3) is 7.66. The van der Waals surface area contributed by atoms with Crippen LogP contribution in [0.25, 0.3) is 0 Å². The Kier molecular flexibility index (Phi) is 5.26. The second-order valence-corrected chi connectivity index (χ2v) is 2.90. The van der Waals surface area contributed by atoms with Crippen molar-refractivity contribution in [3.63, 3.8) is 0 Å². The van der Waals surface area contributed by atoms with E-state index in [0.717, 1.165) is 12.8 Å². The van der Waals surface area contributed by atoms with Gasteiger partial charge < -0.3 is 11.5 Å². The van der Waals surface area contributed by atoms with E-state index in [1.54, 1.807) is 0 Å². The van der Waals surface area contributed by atoms with Crippen molar-refractivity contribution in [1.82, 2.24) is 0 Å². The molecule has 0 aliphatic carbocycles. The summed E-state index contributed by atoms with van der Waals surface area (Å²) >= 11 is 0. The molecule has 2 atom stereocenters. The Hall–Kier alpha value is -0.340. The molecule has 4 N–H and O–H groups in total. The molecule has 0 aromatic rings. The first-order valence-corrected chi connectivity index (χ1v) is 3.79. The number of hydrogen-bond donors (Lipinski definition) is 2. The molecule has 0 bridgehead atoms. The van der Waals surface area contributed by atoms with Gasteiger partial charge in [-0.25, -0.2) is 0 Å². The van der Waals surface area contributed by atoms with Crippen LogP contribution in [0.15, 0.2) is 12.2 Å². The summed E-state index contributed by atoms with van der Waals surface area (Å²) in [5, 5.41) is 0. The standard InChI is InChI=1S/C8H18N2/c1-7(9)5-3-4-6-8(2)10/h3-4,7-8H,5-6,9-10H2,1-2H3/t7-,8-/m0/s1. The minimum absolute atomic E-state index is 0.268. The monoisotopic (exact) mass is 142 g/mol. The van der Waals surface area contributed by atoms with E-state index in [0.29, 0.717) is 0 Å². The SMILES string of the molecule is C[C@H](N)CC=CC[C@H](C)N. The van der Waals surface area contributed by atoms with Crippen LogP contribution >= 0.6 is 0 Å². The molecule has 10 heavy (non-hydrogen) atoms. The van der Waals surface area contributed by atoms with E-state index in [-0.39, 0.29) is 12.1 Å². The molecule has 0 saturated heterocycles. The molecule has 0 aliphatic heterocycles. The fourth-order valence-corrected chi connectivity index (χ4v) is 0.622. The first-order valence-electron chi connectivity index (χ1n) is 3.79. The molecule has 0 spiro atoms. The van der Waals surface area contributed by atoms with E-state index in [1.165, 1.54) is 0 Å². The molecule has 0 unspecified atom stereocenters. The van der Waals surface area contributed by atoms with Gasteiger partial charge in [-0.2, -0.15) is 0 Å². The van der Waals surface area contributed by atoms with Gasteiger partial charge in [-0.1, -0.05) is 12.2 Å². The van der Waals surface area contributed by atoms with Gasteiger partial charge in [0.15, 0.2) is 0 Å². The Labute approximate surface area is 63.3 Å². The number of rotatable bonds is 4. The Balaban J connectivity index is 3.20. The normalized spacial score (nSPS) is 17.6. The zero-order chi connectivity index (χ0) is 7.98. The molecular formula is C8H18N2. The van der Waals surface area contributed by atoms with Crippen LogP contribution < -0.4 is 11.5 Å². The topological polar surface area (TPSA) is 52.0 Å². The summed E-state index contributed by atoms with van der Waals surface area (Å²) in [6, 6.07) is 0.536. The van der Waals surface area contributed by atoms with E-state index in [2.05, 4.69) is 12.2 Å². The Morgan fingerprint density at radius 1 is 1.00 bits per heavy atom. The Bertz CT molecular complexity index is 83.4. The highest BCUT2D eigenvalue weighted by Crippen LogP contribution is 1.92. The van der Waals surface area contributed by atoms with Crippen molar-refractivity contribution in [3.8, 4) is 0 Å². The maximum atomic E-state index is 5.53. The second kappa shape index (κ2) is 5.45. The van der Waals surface area contributed by atoms with Gasteiger partial charge in [0.2, 0.25) is 0 Å². The van der Waals surface area contributed by atoms with Crippen LogP contribution in [-0.2, 0) is 0 Å². The van der Waals surface area contributed by atoms with Crippen LogP contribution in [-0.4, -0.2) is 12.1 Å². The maximum Gasteiger partial charge on any atom is 0.00449 e. The quantitative estimate of drug-likeness (QED) is 0.576. The molecule has 0 aromatic heterocycles. The van der Waals surface area contributed by atoms with Gasteiger partial charge in [-0.15, -0.1) is 0 Å². The molecule has 0 aromatic carbocycles.